The molecule has 2 rings (SSSR count). The number of carbonyl (C=O) groups is 1. The van der Waals surface area contributed by atoms with Crippen LogP contribution in [0.15, 0.2) is 24.8 Å². The van der Waals surface area contributed by atoms with E-state index in [9.17, 15) is 4.79 Å². The van der Waals surface area contributed by atoms with Crippen molar-refractivity contribution in [3.8, 4) is 0 Å². The number of ether oxygens (including phenoxy) is 1. The highest BCUT2D eigenvalue weighted by atomic mass is 17.2. The maximum atomic E-state index is 10.7. The largest absolute Gasteiger partial charge is 0.481 e. The highest BCUT2D eigenvalue weighted by molar-refractivity contribution is 5.67. The summed E-state index contributed by atoms with van der Waals surface area (Å²) < 4.78 is 6.16. The molecule has 0 aliphatic carbocycles. The standard InChI is InChI=1S/C22H36O5/c1-2-3-4-5-6-7-8-9-10-11-12-18-13-15-20(25-18)21-16-14-19(26-27-21)17-22(23)24/h2,5-6,18-21H,1,3-4,7-17H2,(H,23,24). The number of carboxylic acid groups (broad SMARTS) is 1. The molecule has 0 amide bonds. The van der Waals surface area contributed by atoms with Crippen molar-refractivity contribution in [3.05, 3.63) is 24.8 Å². The van der Waals surface area contributed by atoms with Crippen molar-refractivity contribution in [2.45, 2.75) is 108 Å². The first kappa shape index (κ1) is 22.1. The smallest absolute Gasteiger partial charge is 0.306 e. The molecule has 5 nitrogen and oxygen atoms in total. The van der Waals surface area contributed by atoms with Crippen LogP contribution in [0, 0.1) is 0 Å². The Morgan fingerprint density at radius 2 is 1.63 bits per heavy atom. The van der Waals surface area contributed by atoms with Crippen LogP contribution in [0.2, 0.25) is 0 Å². The molecule has 4 atom stereocenters. The molecule has 1 N–H and O–H groups in total. The van der Waals surface area contributed by atoms with E-state index in [1.807, 2.05) is 6.08 Å². The van der Waals surface area contributed by atoms with Gasteiger partial charge >= 0.3 is 5.97 Å². The molecule has 2 aliphatic rings. The molecule has 2 saturated heterocycles. The summed E-state index contributed by atoms with van der Waals surface area (Å²) in [4.78, 5) is 21.4. The second kappa shape index (κ2) is 13.1. The quantitative estimate of drug-likeness (QED) is 0.265. The van der Waals surface area contributed by atoms with Gasteiger partial charge in [-0.3, -0.25) is 4.79 Å². The van der Waals surface area contributed by atoms with Crippen LogP contribution in [0.5, 0.6) is 0 Å². The average molecular weight is 381 g/mol. The highest BCUT2D eigenvalue weighted by Crippen LogP contribution is 2.31. The lowest BCUT2D eigenvalue weighted by Crippen LogP contribution is -2.37. The number of allylic oxidation sites excluding steroid dienone is 3. The van der Waals surface area contributed by atoms with Crippen LogP contribution in [-0.4, -0.2) is 35.5 Å². The molecular formula is C22H36O5. The minimum atomic E-state index is -0.844. The van der Waals surface area contributed by atoms with Crippen molar-refractivity contribution >= 4 is 5.97 Å². The number of hydrogen-bond donors (Lipinski definition) is 1. The first-order valence-corrected chi connectivity index (χ1v) is 10.6. The van der Waals surface area contributed by atoms with Crippen molar-refractivity contribution in [2.75, 3.05) is 0 Å². The minimum Gasteiger partial charge on any atom is -0.481 e. The molecule has 0 spiro atoms. The van der Waals surface area contributed by atoms with Gasteiger partial charge in [0.05, 0.1) is 18.6 Å². The van der Waals surface area contributed by atoms with Crippen LogP contribution >= 0.6 is 0 Å². The number of carboxylic acids is 1. The predicted octanol–water partition coefficient (Wildman–Crippen LogP) is 5.35. The van der Waals surface area contributed by atoms with Crippen molar-refractivity contribution in [1.29, 1.82) is 0 Å². The predicted molar refractivity (Wildman–Crippen MR) is 105 cm³/mol. The van der Waals surface area contributed by atoms with E-state index in [1.54, 1.807) is 0 Å². The molecule has 0 aromatic heterocycles. The Bertz CT molecular complexity index is 454. The molecule has 2 heterocycles. The van der Waals surface area contributed by atoms with Crippen LogP contribution < -0.4 is 0 Å². The van der Waals surface area contributed by atoms with Gasteiger partial charge in [-0.2, -0.15) is 0 Å². The number of hydrogen-bond acceptors (Lipinski definition) is 4. The number of rotatable bonds is 13. The van der Waals surface area contributed by atoms with E-state index in [2.05, 4.69) is 18.7 Å². The molecule has 0 aromatic rings. The molecule has 0 bridgehead atoms. The Morgan fingerprint density at radius 3 is 2.37 bits per heavy atom. The Labute approximate surface area is 163 Å². The third-order valence-corrected chi connectivity index (χ3v) is 5.40. The Morgan fingerprint density at radius 1 is 0.889 bits per heavy atom. The Balaban J connectivity index is 1.47. The second-order valence-corrected chi connectivity index (χ2v) is 7.73. The SMILES string of the molecule is C=CCCC=CCCCCCCC1CCC(C2CCC(CC(=O)O)OO2)O1. The molecule has 4 unspecified atom stereocenters. The van der Waals surface area contributed by atoms with Crippen LogP contribution in [-0.2, 0) is 19.3 Å². The van der Waals surface area contributed by atoms with Gasteiger partial charge in [-0.25, -0.2) is 9.78 Å². The zero-order valence-electron chi connectivity index (χ0n) is 16.5. The van der Waals surface area contributed by atoms with Gasteiger partial charge in [-0.1, -0.05) is 37.5 Å². The summed E-state index contributed by atoms with van der Waals surface area (Å²) in [5, 5.41) is 8.81. The molecule has 0 aromatic carbocycles. The lowest BCUT2D eigenvalue weighted by Gasteiger charge is -2.30. The zero-order valence-corrected chi connectivity index (χ0v) is 16.5. The normalized spacial score (nSPS) is 28.6. The summed E-state index contributed by atoms with van der Waals surface area (Å²) in [6, 6.07) is 0. The molecule has 0 saturated carbocycles. The topological polar surface area (TPSA) is 65.0 Å². The van der Waals surface area contributed by atoms with Gasteiger partial charge in [0.1, 0.15) is 12.2 Å². The van der Waals surface area contributed by atoms with Gasteiger partial charge in [0, 0.05) is 0 Å². The van der Waals surface area contributed by atoms with Gasteiger partial charge in [0.2, 0.25) is 0 Å². The Hall–Kier alpha value is -1.17. The Kier molecular flexibility index (Phi) is 10.7. The molecule has 5 heteroatoms. The third-order valence-electron chi connectivity index (χ3n) is 5.40. The van der Waals surface area contributed by atoms with Crippen LogP contribution in [0.4, 0.5) is 0 Å². The monoisotopic (exact) mass is 380 g/mol. The van der Waals surface area contributed by atoms with E-state index in [1.165, 1.54) is 32.1 Å². The average Bonchev–Trinajstić information content (AvgIpc) is 3.12. The molecule has 27 heavy (non-hydrogen) atoms. The zero-order chi connectivity index (χ0) is 19.3. The van der Waals surface area contributed by atoms with Gasteiger partial charge in [-0.05, 0) is 57.8 Å². The van der Waals surface area contributed by atoms with Crippen molar-refractivity contribution in [2.24, 2.45) is 0 Å². The van der Waals surface area contributed by atoms with Gasteiger partial charge in [-0.15, -0.1) is 6.58 Å². The molecular weight excluding hydrogens is 344 g/mol. The van der Waals surface area contributed by atoms with E-state index in [4.69, 9.17) is 19.6 Å². The maximum absolute atomic E-state index is 10.7. The highest BCUT2D eigenvalue weighted by Gasteiger charge is 2.36. The second-order valence-electron chi connectivity index (χ2n) is 7.73. The van der Waals surface area contributed by atoms with E-state index >= 15 is 0 Å². The fourth-order valence-corrected chi connectivity index (χ4v) is 3.83. The van der Waals surface area contributed by atoms with Crippen LogP contribution in [0.1, 0.15) is 83.5 Å². The van der Waals surface area contributed by atoms with Gasteiger partial charge in [0.25, 0.3) is 0 Å². The summed E-state index contributed by atoms with van der Waals surface area (Å²) >= 11 is 0. The summed E-state index contributed by atoms with van der Waals surface area (Å²) in [5.74, 6) is -0.844. The van der Waals surface area contributed by atoms with Crippen LogP contribution in [0.25, 0.3) is 0 Å². The molecule has 2 aliphatic heterocycles. The lowest BCUT2D eigenvalue weighted by atomic mass is 10.0. The molecule has 154 valence electrons. The minimum absolute atomic E-state index is 0.00544. The maximum Gasteiger partial charge on any atom is 0.306 e. The van der Waals surface area contributed by atoms with Crippen molar-refractivity contribution in [1.82, 2.24) is 0 Å². The van der Waals surface area contributed by atoms with Crippen LogP contribution in [0.3, 0.4) is 0 Å². The molecule has 2 fully saturated rings. The fourth-order valence-electron chi connectivity index (χ4n) is 3.83. The summed E-state index contributed by atoms with van der Waals surface area (Å²) in [5.41, 5.74) is 0. The van der Waals surface area contributed by atoms with Crippen molar-refractivity contribution < 1.29 is 24.4 Å². The van der Waals surface area contributed by atoms with Crippen molar-refractivity contribution in [3.63, 3.8) is 0 Å². The van der Waals surface area contributed by atoms with Gasteiger partial charge in [0.15, 0.2) is 0 Å². The third kappa shape index (κ3) is 9.04. The van der Waals surface area contributed by atoms with E-state index in [0.717, 1.165) is 44.9 Å². The fraction of sp³-hybridized carbons (Fsp3) is 0.773. The molecule has 0 radical (unpaired) electrons. The van der Waals surface area contributed by atoms with E-state index in [-0.39, 0.29) is 24.7 Å². The summed E-state index contributed by atoms with van der Waals surface area (Å²) in [7, 11) is 0. The number of aliphatic carboxylic acids is 1. The summed E-state index contributed by atoms with van der Waals surface area (Å²) in [6.07, 6.45) is 19.8. The summed E-state index contributed by atoms with van der Waals surface area (Å²) in [6.45, 7) is 3.73. The van der Waals surface area contributed by atoms with E-state index in [0.29, 0.717) is 6.10 Å². The first-order valence-electron chi connectivity index (χ1n) is 10.6. The first-order chi connectivity index (χ1) is 13.2. The van der Waals surface area contributed by atoms with E-state index < -0.39 is 5.97 Å². The number of unbranched alkanes of at least 4 members (excludes halogenated alkanes) is 5. The lowest BCUT2D eigenvalue weighted by molar-refractivity contribution is -0.385. The van der Waals surface area contributed by atoms with Gasteiger partial charge < -0.3 is 9.84 Å².